The number of anilines is 3. The lowest BCUT2D eigenvalue weighted by atomic mass is 10.1. The number of rotatable bonds is 12. The van der Waals surface area contributed by atoms with Crippen molar-refractivity contribution >= 4 is 28.6 Å². The van der Waals surface area contributed by atoms with Crippen molar-refractivity contribution in [2.24, 2.45) is 0 Å². The van der Waals surface area contributed by atoms with Gasteiger partial charge in [-0.15, -0.1) is 0 Å². The molecule has 0 spiro atoms. The minimum Gasteiger partial charge on any atom is -0.492 e. The highest BCUT2D eigenvalue weighted by Crippen LogP contribution is 2.26. The lowest BCUT2D eigenvalue weighted by Crippen LogP contribution is -2.35. The van der Waals surface area contributed by atoms with E-state index in [-0.39, 0.29) is 6.61 Å². The number of aliphatic hydroxyl groups is 1. The smallest absolute Gasteiger partial charge is 0.227 e. The molecular formula is C22H33N7O2. The van der Waals surface area contributed by atoms with Gasteiger partial charge in [0.2, 0.25) is 5.95 Å². The Morgan fingerprint density at radius 1 is 1.10 bits per heavy atom. The average Bonchev–Trinajstić information content (AvgIpc) is 3.18. The Bertz CT molecular complexity index is 970. The number of ether oxygens (including phenoxy) is 1. The molecule has 0 saturated heterocycles. The molecule has 2 heterocycles. The van der Waals surface area contributed by atoms with Gasteiger partial charge in [-0.05, 0) is 58.0 Å². The summed E-state index contributed by atoms with van der Waals surface area (Å²) < 4.78 is 7.73. The Balaban J connectivity index is 1.77. The highest BCUT2D eigenvalue weighted by atomic mass is 16.5. The van der Waals surface area contributed by atoms with Gasteiger partial charge in [0.25, 0.3) is 0 Å². The largest absolute Gasteiger partial charge is 0.492 e. The third kappa shape index (κ3) is 6.05. The molecule has 0 aliphatic rings. The van der Waals surface area contributed by atoms with Gasteiger partial charge in [-0.3, -0.25) is 0 Å². The van der Waals surface area contributed by atoms with E-state index in [0.717, 1.165) is 43.1 Å². The molecule has 0 radical (unpaired) electrons. The Morgan fingerprint density at radius 3 is 2.55 bits per heavy atom. The maximum atomic E-state index is 9.60. The van der Waals surface area contributed by atoms with Crippen LogP contribution < -0.4 is 20.7 Å². The van der Waals surface area contributed by atoms with Gasteiger partial charge in [0.15, 0.2) is 17.0 Å². The molecule has 0 aliphatic heterocycles. The van der Waals surface area contributed by atoms with Gasteiger partial charge in [-0.2, -0.15) is 9.97 Å². The SMILES string of the molecule is CCCNCCOc1ccc(Nc2nc(NC(C)(C)CO)nc3c2ncn3CC)cc1. The van der Waals surface area contributed by atoms with Crippen molar-refractivity contribution in [3.8, 4) is 5.75 Å². The number of benzene rings is 1. The predicted octanol–water partition coefficient (Wildman–Crippen LogP) is 3.15. The maximum Gasteiger partial charge on any atom is 0.227 e. The van der Waals surface area contributed by atoms with Gasteiger partial charge in [0, 0.05) is 18.8 Å². The summed E-state index contributed by atoms with van der Waals surface area (Å²) in [6.07, 6.45) is 2.87. The second kappa shape index (κ2) is 10.4. The number of aromatic nitrogens is 4. The normalized spacial score (nSPS) is 11.6. The van der Waals surface area contributed by atoms with Crippen LogP contribution in [-0.2, 0) is 6.54 Å². The van der Waals surface area contributed by atoms with Crippen LogP contribution in [0.15, 0.2) is 30.6 Å². The summed E-state index contributed by atoms with van der Waals surface area (Å²) >= 11 is 0. The van der Waals surface area contributed by atoms with E-state index in [2.05, 4.69) is 37.8 Å². The minimum absolute atomic E-state index is 0.0420. The molecule has 3 rings (SSSR count). The molecule has 0 fully saturated rings. The molecule has 0 saturated carbocycles. The van der Waals surface area contributed by atoms with E-state index in [1.165, 1.54) is 0 Å². The molecule has 3 aromatic rings. The second-order valence-corrected chi connectivity index (χ2v) is 8.01. The molecule has 0 unspecified atom stereocenters. The van der Waals surface area contributed by atoms with Gasteiger partial charge in [0.05, 0.1) is 18.5 Å². The van der Waals surface area contributed by atoms with Gasteiger partial charge < -0.3 is 30.4 Å². The molecule has 0 amide bonds. The number of fused-ring (bicyclic) bond motifs is 1. The molecule has 0 aliphatic carbocycles. The average molecular weight is 428 g/mol. The van der Waals surface area contributed by atoms with Gasteiger partial charge >= 0.3 is 0 Å². The predicted molar refractivity (Wildman–Crippen MR) is 124 cm³/mol. The Morgan fingerprint density at radius 2 is 1.87 bits per heavy atom. The van der Waals surface area contributed by atoms with Crippen LogP contribution in [0.25, 0.3) is 11.2 Å². The van der Waals surface area contributed by atoms with Crippen LogP contribution in [0, 0.1) is 0 Å². The van der Waals surface area contributed by atoms with Crippen molar-refractivity contribution in [2.45, 2.75) is 46.2 Å². The first-order valence-electron chi connectivity index (χ1n) is 10.8. The Kier molecular flexibility index (Phi) is 7.64. The van der Waals surface area contributed by atoms with Crippen LogP contribution in [-0.4, -0.2) is 56.5 Å². The van der Waals surface area contributed by atoms with E-state index >= 15 is 0 Å². The highest BCUT2D eigenvalue weighted by molar-refractivity contribution is 5.86. The van der Waals surface area contributed by atoms with Gasteiger partial charge in [-0.1, -0.05) is 6.92 Å². The monoisotopic (exact) mass is 427 g/mol. The van der Waals surface area contributed by atoms with E-state index in [1.54, 1.807) is 6.33 Å². The van der Waals surface area contributed by atoms with Crippen molar-refractivity contribution in [1.82, 2.24) is 24.8 Å². The summed E-state index contributed by atoms with van der Waals surface area (Å²) in [5.41, 5.74) is 1.75. The number of aliphatic hydroxyl groups excluding tert-OH is 1. The quantitative estimate of drug-likeness (QED) is 0.326. The first-order chi connectivity index (χ1) is 15.0. The fourth-order valence-corrected chi connectivity index (χ4v) is 2.97. The topological polar surface area (TPSA) is 109 Å². The molecule has 9 nitrogen and oxygen atoms in total. The zero-order valence-corrected chi connectivity index (χ0v) is 18.8. The molecule has 31 heavy (non-hydrogen) atoms. The van der Waals surface area contributed by atoms with Gasteiger partial charge in [-0.25, -0.2) is 4.98 Å². The number of hydrogen-bond donors (Lipinski definition) is 4. The summed E-state index contributed by atoms with van der Waals surface area (Å²) in [6.45, 7) is 11.1. The van der Waals surface area contributed by atoms with E-state index < -0.39 is 5.54 Å². The minimum atomic E-state index is -0.549. The van der Waals surface area contributed by atoms with Crippen molar-refractivity contribution in [1.29, 1.82) is 0 Å². The molecule has 0 bridgehead atoms. The fourth-order valence-electron chi connectivity index (χ4n) is 2.97. The molecule has 9 heteroatoms. The zero-order chi connectivity index (χ0) is 22.3. The van der Waals surface area contributed by atoms with Crippen LogP contribution in [0.1, 0.15) is 34.1 Å². The first-order valence-corrected chi connectivity index (χ1v) is 10.8. The summed E-state index contributed by atoms with van der Waals surface area (Å²) in [6, 6.07) is 7.76. The van der Waals surface area contributed by atoms with Crippen LogP contribution in [0.4, 0.5) is 17.5 Å². The van der Waals surface area contributed by atoms with Crippen LogP contribution >= 0.6 is 0 Å². The maximum absolute atomic E-state index is 9.60. The van der Waals surface area contributed by atoms with Gasteiger partial charge in [0.1, 0.15) is 12.4 Å². The lowest BCUT2D eigenvalue weighted by molar-refractivity contribution is 0.233. The third-order valence-electron chi connectivity index (χ3n) is 4.74. The van der Waals surface area contributed by atoms with Crippen molar-refractivity contribution in [3.63, 3.8) is 0 Å². The van der Waals surface area contributed by atoms with Crippen LogP contribution in [0.3, 0.4) is 0 Å². The second-order valence-electron chi connectivity index (χ2n) is 8.01. The number of aryl methyl sites for hydroxylation is 1. The van der Waals surface area contributed by atoms with Crippen molar-refractivity contribution in [3.05, 3.63) is 30.6 Å². The van der Waals surface area contributed by atoms with Crippen LogP contribution in [0.2, 0.25) is 0 Å². The number of hydrogen-bond acceptors (Lipinski definition) is 8. The van der Waals surface area contributed by atoms with E-state index in [4.69, 9.17) is 4.74 Å². The standard InChI is InChI=1S/C22H33N7O2/c1-5-11-23-12-13-31-17-9-7-16(8-10-17)25-19-18-20(29(6-2)15-24-18)27-21(26-19)28-22(3,4)14-30/h7-10,15,23,30H,5-6,11-14H2,1-4H3,(H2,25,26,27,28). The van der Waals surface area contributed by atoms with Crippen molar-refractivity contribution in [2.75, 3.05) is 36.9 Å². The lowest BCUT2D eigenvalue weighted by Gasteiger charge is -2.23. The summed E-state index contributed by atoms with van der Waals surface area (Å²) in [5, 5.41) is 19.5. The molecular weight excluding hydrogens is 394 g/mol. The summed E-state index contributed by atoms with van der Waals surface area (Å²) in [7, 11) is 0. The fraction of sp³-hybridized carbons (Fsp3) is 0.500. The zero-order valence-electron chi connectivity index (χ0n) is 18.8. The van der Waals surface area contributed by atoms with E-state index in [1.807, 2.05) is 49.6 Å². The van der Waals surface area contributed by atoms with E-state index in [9.17, 15) is 5.11 Å². The number of nitrogens with one attached hydrogen (secondary N) is 3. The van der Waals surface area contributed by atoms with Crippen LogP contribution in [0.5, 0.6) is 5.75 Å². The molecule has 0 atom stereocenters. The molecule has 1 aromatic carbocycles. The molecule has 4 N–H and O–H groups in total. The number of nitrogens with zero attached hydrogens (tertiary/aromatic N) is 4. The van der Waals surface area contributed by atoms with Crippen molar-refractivity contribution < 1.29 is 9.84 Å². The third-order valence-corrected chi connectivity index (χ3v) is 4.74. The Hall–Kier alpha value is -2.91. The number of imidazole rings is 1. The Labute approximate surface area is 183 Å². The highest BCUT2D eigenvalue weighted by Gasteiger charge is 2.20. The molecule has 2 aromatic heterocycles. The van der Waals surface area contributed by atoms with E-state index in [0.29, 0.717) is 23.9 Å². The molecule has 168 valence electrons. The summed E-state index contributed by atoms with van der Waals surface area (Å²) in [4.78, 5) is 13.7. The first kappa shape index (κ1) is 22.8. The summed E-state index contributed by atoms with van der Waals surface area (Å²) in [5.74, 6) is 1.86.